The topological polar surface area (TPSA) is 59.2 Å². The summed E-state index contributed by atoms with van der Waals surface area (Å²) >= 11 is 1.42. The van der Waals surface area contributed by atoms with Crippen LogP contribution in [0.2, 0.25) is 0 Å². The predicted octanol–water partition coefficient (Wildman–Crippen LogP) is 3.47. The van der Waals surface area contributed by atoms with Gasteiger partial charge in [-0.3, -0.25) is 4.79 Å². The Morgan fingerprint density at radius 1 is 1.48 bits per heavy atom. The first-order chi connectivity index (χ1) is 11.1. The molecule has 2 N–H and O–H groups in total. The van der Waals surface area contributed by atoms with E-state index in [1.54, 1.807) is 12.3 Å². The van der Waals surface area contributed by atoms with Gasteiger partial charge in [0.1, 0.15) is 5.03 Å². The monoisotopic (exact) mass is 329 g/mol. The van der Waals surface area contributed by atoms with E-state index in [2.05, 4.69) is 31.0 Å². The van der Waals surface area contributed by atoms with Gasteiger partial charge >= 0.3 is 0 Å². The smallest absolute Gasteiger partial charge is 0.237 e. The first-order valence-corrected chi connectivity index (χ1v) is 9.11. The summed E-state index contributed by atoms with van der Waals surface area (Å²) in [5.74, 6) is 1.40. The van der Waals surface area contributed by atoms with Gasteiger partial charge in [0, 0.05) is 24.4 Å². The zero-order valence-electron chi connectivity index (χ0n) is 13.7. The molecule has 0 saturated carbocycles. The van der Waals surface area contributed by atoms with Crippen molar-refractivity contribution in [3.8, 4) is 0 Å². The average Bonchev–Trinajstić information content (AvgIpc) is 2.57. The van der Waals surface area contributed by atoms with Crippen molar-refractivity contribution in [1.29, 1.82) is 0 Å². The Morgan fingerprint density at radius 3 is 3.09 bits per heavy atom. The second-order valence-corrected chi connectivity index (χ2v) is 7.22. The fourth-order valence-electron chi connectivity index (χ4n) is 3.23. The fraction of sp³-hybridized carbons (Fsp3) is 0.444. The molecule has 2 aliphatic rings. The summed E-state index contributed by atoms with van der Waals surface area (Å²) in [6.45, 7) is 5.26. The lowest BCUT2D eigenvalue weighted by Crippen LogP contribution is -2.40. The van der Waals surface area contributed by atoms with Crippen molar-refractivity contribution in [1.82, 2.24) is 9.88 Å². The molecule has 0 saturated heterocycles. The molecule has 0 fully saturated rings. The Labute approximate surface area is 141 Å². The molecule has 2 unspecified atom stereocenters. The molecule has 23 heavy (non-hydrogen) atoms. The lowest BCUT2D eigenvalue weighted by molar-refractivity contribution is -0.127. The van der Waals surface area contributed by atoms with Gasteiger partial charge in [-0.25, -0.2) is 4.98 Å². The third-order valence-electron chi connectivity index (χ3n) is 4.70. The number of hydrogen-bond acceptors (Lipinski definition) is 4. The van der Waals surface area contributed by atoms with Crippen molar-refractivity contribution in [2.24, 2.45) is 11.8 Å². The van der Waals surface area contributed by atoms with Gasteiger partial charge in [-0.15, -0.1) is 0 Å². The lowest BCUT2D eigenvalue weighted by atomic mass is 9.81. The zero-order valence-corrected chi connectivity index (χ0v) is 14.5. The van der Waals surface area contributed by atoms with Gasteiger partial charge < -0.3 is 10.6 Å². The number of thioether (sulfide) groups is 1. The third kappa shape index (κ3) is 3.29. The SMILES string of the molecule is CC1C=CC2=C(C1C)N(C(=O)CSc1ncccc1N)CCC2. The molecular formula is C18H23N3OS. The highest BCUT2D eigenvalue weighted by atomic mass is 32.2. The van der Waals surface area contributed by atoms with Crippen molar-refractivity contribution in [3.63, 3.8) is 0 Å². The van der Waals surface area contributed by atoms with Gasteiger partial charge in [0.15, 0.2) is 0 Å². The predicted molar refractivity (Wildman–Crippen MR) is 94.8 cm³/mol. The van der Waals surface area contributed by atoms with Crippen LogP contribution in [0.25, 0.3) is 0 Å². The van der Waals surface area contributed by atoms with Crippen LogP contribution in [0.15, 0.2) is 46.8 Å². The Kier molecular flexibility index (Phi) is 4.76. The van der Waals surface area contributed by atoms with Crippen LogP contribution in [0.4, 0.5) is 5.69 Å². The minimum absolute atomic E-state index is 0.154. The number of pyridine rings is 1. The van der Waals surface area contributed by atoms with Gasteiger partial charge in [0.25, 0.3) is 0 Å². The van der Waals surface area contributed by atoms with Crippen molar-refractivity contribution in [2.75, 3.05) is 18.0 Å². The quantitative estimate of drug-likeness (QED) is 0.863. The summed E-state index contributed by atoms with van der Waals surface area (Å²) in [6.07, 6.45) is 8.30. The first-order valence-electron chi connectivity index (χ1n) is 8.13. The van der Waals surface area contributed by atoms with Gasteiger partial charge in [-0.1, -0.05) is 37.8 Å². The second-order valence-electron chi connectivity index (χ2n) is 6.25. The van der Waals surface area contributed by atoms with E-state index in [9.17, 15) is 4.79 Å². The molecule has 5 heteroatoms. The van der Waals surface area contributed by atoms with Crippen molar-refractivity contribution in [3.05, 3.63) is 41.8 Å². The normalized spacial score (nSPS) is 23.8. The molecule has 0 bridgehead atoms. The summed E-state index contributed by atoms with van der Waals surface area (Å²) < 4.78 is 0. The minimum Gasteiger partial charge on any atom is -0.397 e. The Bertz CT molecular complexity index is 668. The number of nitrogens with two attached hydrogens (primary N) is 1. The number of anilines is 1. The molecule has 1 aliphatic carbocycles. The van der Waals surface area contributed by atoms with E-state index in [-0.39, 0.29) is 5.91 Å². The first kappa shape index (κ1) is 16.1. The summed E-state index contributed by atoms with van der Waals surface area (Å²) in [7, 11) is 0. The molecule has 1 aromatic rings. The van der Waals surface area contributed by atoms with E-state index < -0.39 is 0 Å². The maximum Gasteiger partial charge on any atom is 0.237 e. The molecule has 122 valence electrons. The average molecular weight is 329 g/mol. The molecule has 1 aliphatic heterocycles. The maximum atomic E-state index is 12.8. The van der Waals surface area contributed by atoms with Crippen LogP contribution in [0.3, 0.4) is 0 Å². The number of nitrogen functional groups attached to an aromatic ring is 1. The molecule has 1 amide bonds. The number of allylic oxidation sites excluding steroid dienone is 4. The molecular weight excluding hydrogens is 306 g/mol. The summed E-state index contributed by atoms with van der Waals surface area (Å²) in [4.78, 5) is 19.0. The maximum absolute atomic E-state index is 12.8. The molecule has 2 heterocycles. The Hall–Kier alpha value is -1.75. The number of aromatic nitrogens is 1. The van der Waals surface area contributed by atoms with E-state index in [0.717, 1.165) is 24.4 Å². The van der Waals surface area contributed by atoms with Crippen LogP contribution in [-0.2, 0) is 4.79 Å². The highest BCUT2D eigenvalue weighted by Gasteiger charge is 2.31. The molecule has 4 nitrogen and oxygen atoms in total. The zero-order chi connectivity index (χ0) is 16.4. The fourth-order valence-corrected chi connectivity index (χ4v) is 4.02. The van der Waals surface area contributed by atoms with Gasteiger partial charge in [0.2, 0.25) is 5.91 Å². The van der Waals surface area contributed by atoms with Crippen LogP contribution >= 0.6 is 11.8 Å². The number of hydrogen-bond donors (Lipinski definition) is 1. The van der Waals surface area contributed by atoms with Crippen molar-refractivity contribution < 1.29 is 4.79 Å². The summed E-state index contributed by atoms with van der Waals surface area (Å²) in [6, 6.07) is 3.62. The van der Waals surface area contributed by atoms with E-state index >= 15 is 0 Å². The van der Waals surface area contributed by atoms with Crippen LogP contribution in [0, 0.1) is 11.8 Å². The van der Waals surface area contributed by atoms with E-state index in [0.29, 0.717) is 23.3 Å². The highest BCUT2D eigenvalue weighted by Crippen LogP contribution is 2.37. The molecule has 0 aromatic carbocycles. The molecule has 0 radical (unpaired) electrons. The standard InChI is InChI=1S/C18H23N3OS/c1-12-7-8-14-5-4-10-21(17(14)13(12)2)16(22)11-23-18-15(19)6-3-9-20-18/h3,6-9,12-13H,4-5,10-11,19H2,1-2H3. The summed E-state index contributed by atoms with van der Waals surface area (Å²) in [5.41, 5.74) is 9.09. The Balaban J connectivity index is 1.74. The number of rotatable bonds is 3. The van der Waals surface area contributed by atoms with Gasteiger partial charge in [0.05, 0.1) is 11.4 Å². The Morgan fingerprint density at radius 2 is 2.30 bits per heavy atom. The largest absolute Gasteiger partial charge is 0.397 e. The number of nitrogens with zero attached hydrogens (tertiary/aromatic N) is 2. The van der Waals surface area contributed by atoms with Crippen LogP contribution < -0.4 is 5.73 Å². The number of carbonyl (C=O) groups is 1. The highest BCUT2D eigenvalue weighted by molar-refractivity contribution is 8.00. The summed E-state index contributed by atoms with van der Waals surface area (Å²) in [5, 5.41) is 0.733. The van der Waals surface area contributed by atoms with E-state index in [1.165, 1.54) is 23.0 Å². The van der Waals surface area contributed by atoms with Crippen molar-refractivity contribution in [2.45, 2.75) is 31.7 Å². The van der Waals surface area contributed by atoms with Crippen LogP contribution in [0.5, 0.6) is 0 Å². The van der Waals surface area contributed by atoms with Gasteiger partial charge in [-0.2, -0.15) is 0 Å². The van der Waals surface area contributed by atoms with E-state index in [1.807, 2.05) is 11.0 Å². The van der Waals surface area contributed by atoms with Crippen molar-refractivity contribution >= 4 is 23.4 Å². The minimum atomic E-state index is 0.154. The molecule has 3 rings (SSSR count). The number of amides is 1. The molecule has 0 spiro atoms. The molecule has 1 aromatic heterocycles. The number of carbonyl (C=O) groups excluding carboxylic acids is 1. The van der Waals surface area contributed by atoms with Crippen LogP contribution in [-0.4, -0.2) is 28.1 Å². The second kappa shape index (κ2) is 6.79. The lowest BCUT2D eigenvalue weighted by Gasteiger charge is -2.38. The third-order valence-corrected chi connectivity index (χ3v) is 5.71. The van der Waals surface area contributed by atoms with E-state index in [4.69, 9.17) is 5.73 Å². The molecule has 2 atom stereocenters. The van der Waals surface area contributed by atoms with Gasteiger partial charge in [-0.05, 0) is 36.5 Å². The van der Waals surface area contributed by atoms with Crippen LogP contribution in [0.1, 0.15) is 26.7 Å².